The van der Waals surface area contributed by atoms with Crippen LogP contribution in [0.1, 0.15) is 251 Å². The third-order valence-electron chi connectivity index (χ3n) is 12.5. The van der Waals surface area contributed by atoms with Gasteiger partial charge >= 0.3 is 7.82 Å². The Morgan fingerprint density at radius 1 is 0.522 bits per heavy atom. The quantitative estimate of drug-likeness (QED) is 0.0243. The molecule has 3 N–H and O–H groups in total. The summed E-state index contributed by atoms with van der Waals surface area (Å²) in [5.74, 6) is -0.180. The SMILES string of the molecule is CC/C=C\C/C=C\C/C=C\C/C=C\CCCCCCCCCCCCCCCCCCCCCCCCCCCCC(=O)NC(COP(=O)(O)OCC[N+](C)(C)C)C(O)/C=C/CCCCCC. The molecule has 0 fully saturated rings. The third kappa shape index (κ3) is 51.9. The first-order valence-corrected chi connectivity index (χ1v) is 29.7. The highest BCUT2D eigenvalue weighted by atomic mass is 31.2. The second-order valence-electron chi connectivity index (χ2n) is 20.3. The van der Waals surface area contributed by atoms with Crippen LogP contribution in [0.5, 0.6) is 0 Å². The third-order valence-corrected chi connectivity index (χ3v) is 13.5. The van der Waals surface area contributed by atoms with Crippen LogP contribution in [0.2, 0.25) is 0 Å². The molecule has 3 atom stereocenters. The maximum Gasteiger partial charge on any atom is 0.472 e. The molecule has 1 amide bonds. The molecule has 67 heavy (non-hydrogen) atoms. The molecule has 9 heteroatoms. The van der Waals surface area contributed by atoms with E-state index >= 15 is 0 Å². The van der Waals surface area contributed by atoms with Crippen LogP contribution >= 0.6 is 7.82 Å². The van der Waals surface area contributed by atoms with Crippen molar-refractivity contribution in [1.82, 2.24) is 5.32 Å². The van der Waals surface area contributed by atoms with Crippen LogP contribution in [0, 0.1) is 0 Å². The Morgan fingerprint density at radius 3 is 1.31 bits per heavy atom. The Morgan fingerprint density at radius 2 is 0.896 bits per heavy atom. The molecule has 3 unspecified atom stereocenters. The summed E-state index contributed by atoms with van der Waals surface area (Å²) in [5, 5.41) is 13.7. The topological polar surface area (TPSA) is 105 Å². The van der Waals surface area contributed by atoms with E-state index in [1.807, 2.05) is 27.2 Å². The van der Waals surface area contributed by atoms with Gasteiger partial charge in [0.05, 0.1) is 39.9 Å². The van der Waals surface area contributed by atoms with Gasteiger partial charge in [0.15, 0.2) is 0 Å². The summed E-state index contributed by atoms with van der Waals surface area (Å²) < 4.78 is 23.5. The Bertz CT molecular complexity index is 1270. The number of aliphatic hydroxyl groups is 1. The Labute approximate surface area is 415 Å². The monoisotopic (exact) mass is 962 g/mol. The van der Waals surface area contributed by atoms with Gasteiger partial charge < -0.3 is 19.8 Å². The van der Waals surface area contributed by atoms with Gasteiger partial charge in [-0.2, -0.15) is 0 Å². The largest absolute Gasteiger partial charge is 0.472 e. The van der Waals surface area contributed by atoms with E-state index in [-0.39, 0.29) is 19.1 Å². The molecule has 0 radical (unpaired) electrons. The highest BCUT2D eigenvalue weighted by Crippen LogP contribution is 2.43. The Balaban J connectivity index is 3.72. The van der Waals surface area contributed by atoms with Crippen molar-refractivity contribution in [2.24, 2.45) is 0 Å². The number of unbranched alkanes of at least 4 members (excludes halogenated alkanes) is 30. The smallest absolute Gasteiger partial charge is 0.387 e. The zero-order valence-corrected chi connectivity index (χ0v) is 45.5. The summed E-state index contributed by atoms with van der Waals surface area (Å²) in [6.07, 6.45) is 66.8. The van der Waals surface area contributed by atoms with Crippen molar-refractivity contribution in [3.63, 3.8) is 0 Å². The van der Waals surface area contributed by atoms with Gasteiger partial charge in [0.2, 0.25) is 5.91 Å². The number of carbonyl (C=O) groups excluding carboxylic acids is 1. The van der Waals surface area contributed by atoms with Gasteiger partial charge in [0.1, 0.15) is 13.2 Å². The predicted molar refractivity (Wildman–Crippen MR) is 290 cm³/mol. The fourth-order valence-electron chi connectivity index (χ4n) is 8.09. The van der Waals surface area contributed by atoms with Crippen molar-refractivity contribution >= 4 is 13.7 Å². The van der Waals surface area contributed by atoms with E-state index in [1.54, 1.807) is 6.08 Å². The number of hydrogen-bond donors (Lipinski definition) is 3. The lowest BCUT2D eigenvalue weighted by Gasteiger charge is -2.25. The molecule has 0 aliphatic carbocycles. The van der Waals surface area contributed by atoms with Crippen molar-refractivity contribution in [3.8, 4) is 0 Å². The number of carbonyl (C=O) groups is 1. The maximum atomic E-state index is 12.8. The lowest BCUT2D eigenvalue weighted by atomic mass is 10.0. The zero-order chi connectivity index (χ0) is 49.2. The van der Waals surface area contributed by atoms with Crippen molar-refractivity contribution in [1.29, 1.82) is 0 Å². The van der Waals surface area contributed by atoms with Gasteiger partial charge in [-0.1, -0.05) is 248 Å². The number of amides is 1. The molecule has 8 nitrogen and oxygen atoms in total. The Kier molecular flexibility index (Phi) is 47.9. The summed E-state index contributed by atoms with van der Waals surface area (Å²) in [5.41, 5.74) is 0. The van der Waals surface area contributed by atoms with Crippen LogP contribution in [0.25, 0.3) is 0 Å². The van der Waals surface area contributed by atoms with E-state index in [2.05, 4.69) is 67.8 Å². The van der Waals surface area contributed by atoms with Crippen LogP contribution in [0.3, 0.4) is 0 Å². The number of hydrogen-bond acceptors (Lipinski definition) is 5. The average Bonchev–Trinajstić information content (AvgIpc) is 3.29. The Hall–Kier alpha value is -1.80. The van der Waals surface area contributed by atoms with E-state index in [0.29, 0.717) is 17.4 Å². The standard InChI is InChI=1S/C58H109N2O6P/c1-6-8-10-12-14-15-16-17-18-19-20-21-22-23-24-25-26-27-28-29-30-31-32-33-34-35-36-37-38-39-40-41-42-43-44-45-46-48-50-52-58(62)59-56(57(61)51-49-47-13-11-9-7-2)55-66-67(63,64)65-54-53-60(3,4)5/h8,10,14-15,17-18,20-21,49,51,56-57,61H,6-7,9,11-13,16,19,22-48,50,52-55H2,1-5H3,(H-,59,62,63,64)/p+1/b10-8-,15-14-,18-17-,21-20-,51-49+. The number of nitrogens with zero attached hydrogens (tertiary/aromatic N) is 1. The van der Waals surface area contributed by atoms with Crippen LogP contribution in [-0.2, 0) is 18.4 Å². The molecule has 0 aromatic carbocycles. The van der Waals surface area contributed by atoms with Crippen LogP contribution < -0.4 is 5.32 Å². The highest BCUT2D eigenvalue weighted by molar-refractivity contribution is 7.47. The first-order chi connectivity index (χ1) is 32.5. The highest BCUT2D eigenvalue weighted by Gasteiger charge is 2.27. The lowest BCUT2D eigenvalue weighted by Crippen LogP contribution is -2.45. The second kappa shape index (κ2) is 49.2. The molecule has 392 valence electrons. The number of quaternary nitrogens is 1. The molecule has 0 aliphatic heterocycles. The molecule has 0 aromatic rings. The molecule has 0 spiro atoms. The van der Waals surface area contributed by atoms with Crippen LogP contribution in [0.4, 0.5) is 0 Å². The first kappa shape index (κ1) is 65.2. The van der Waals surface area contributed by atoms with E-state index < -0.39 is 20.0 Å². The predicted octanol–water partition coefficient (Wildman–Crippen LogP) is 16.9. The van der Waals surface area contributed by atoms with E-state index in [9.17, 15) is 19.4 Å². The number of nitrogens with one attached hydrogen (secondary N) is 1. The molecule has 0 aromatic heterocycles. The van der Waals surface area contributed by atoms with Crippen molar-refractivity contribution in [3.05, 3.63) is 60.8 Å². The molecular weight excluding hydrogens is 852 g/mol. The van der Waals surface area contributed by atoms with Gasteiger partial charge in [0, 0.05) is 6.42 Å². The van der Waals surface area contributed by atoms with E-state index in [1.165, 1.54) is 161 Å². The molecule has 0 saturated carbocycles. The number of likely N-dealkylation sites (N-methyl/N-ethyl adjacent to an activating group) is 1. The van der Waals surface area contributed by atoms with Gasteiger partial charge in [-0.05, 0) is 57.8 Å². The molecule has 0 heterocycles. The number of allylic oxidation sites excluding steroid dienone is 9. The molecular formula is C58H110N2O6P+. The number of phosphoric ester groups is 1. The average molecular weight is 962 g/mol. The van der Waals surface area contributed by atoms with Crippen molar-refractivity contribution in [2.75, 3.05) is 40.9 Å². The normalized spacial score (nSPS) is 14.4. The lowest BCUT2D eigenvalue weighted by molar-refractivity contribution is -0.870. The minimum Gasteiger partial charge on any atom is -0.387 e. The second-order valence-corrected chi connectivity index (χ2v) is 21.7. The van der Waals surface area contributed by atoms with Gasteiger partial charge in [-0.15, -0.1) is 0 Å². The minimum absolute atomic E-state index is 0.0615. The summed E-state index contributed by atoms with van der Waals surface area (Å²) in [6.45, 7) is 4.63. The fraction of sp³-hybridized carbons (Fsp3) is 0.810. The molecule has 0 bridgehead atoms. The maximum absolute atomic E-state index is 12.8. The van der Waals surface area contributed by atoms with Gasteiger partial charge in [0.25, 0.3) is 0 Å². The zero-order valence-electron chi connectivity index (χ0n) is 44.6. The fourth-order valence-corrected chi connectivity index (χ4v) is 8.83. The number of rotatable bonds is 51. The van der Waals surface area contributed by atoms with Crippen molar-refractivity contribution < 1.29 is 32.9 Å². The summed E-state index contributed by atoms with van der Waals surface area (Å²) >= 11 is 0. The van der Waals surface area contributed by atoms with Crippen LogP contribution in [0.15, 0.2) is 60.8 Å². The van der Waals surface area contributed by atoms with Crippen LogP contribution in [-0.4, -0.2) is 73.4 Å². The molecule has 0 rings (SSSR count). The van der Waals surface area contributed by atoms with Gasteiger partial charge in [-0.25, -0.2) is 4.57 Å². The summed E-state index contributed by atoms with van der Waals surface area (Å²) in [6, 6.07) is -0.841. The summed E-state index contributed by atoms with van der Waals surface area (Å²) in [4.78, 5) is 23.0. The molecule has 0 aliphatic rings. The molecule has 0 saturated heterocycles. The minimum atomic E-state index is -4.33. The van der Waals surface area contributed by atoms with E-state index in [0.717, 1.165) is 70.6 Å². The number of phosphoric acid groups is 1. The van der Waals surface area contributed by atoms with Gasteiger partial charge in [-0.3, -0.25) is 13.8 Å². The van der Waals surface area contributed by atoms with E-state index in [4.69, 9.17) is 9.05 Å². The first-order valence-electron chi connectivity index (χ1n) is 28.2. The van der Waals surface area contributed by atoms with Crippen molar-refractivity contribution in [2.45, 2.75) is 264 Å². The summed E-state index contributed by atoms with van der Waals surface area (Å²) in [7, 11) is 1.57. The number of aliphatic hydroxyl groups excluding tert-OH is 1.